The van der Waals surface area contributed by atoms with Gasteiger partial charge in [-0.15, -0.1) is 0 Å². The lowest BCUT2D eigenvalue weighted by Gasteiger charge is -2.05. The molecule has 7 heteroatoms. The largest absolute Gasteiger partial charge is 0.454 e. The van der Waals surface area contributed by atoms with Crippen LogP contribution in [-0.2, 0) is 11.3 Å². The second-order valence-electron chi connectivity index (χ2n) is 5.97. The molecule has 2 aromatic carbocycles. The molecule has 0 bridgehead atoms. The molecule has 0 unspecified atom stereocenters. The predicted molar refractivity (Wildman–Crippen MR) is 104 cm³/mol. The van der Waals surface area contributed by atoms with E-state index in [0.29, 0.717) is 11.5 Å². The molecule has 134 valence electrons. The van der Waals surface area contributed by atoms with Crippen LogP contribution in [-0.4, -0.2) is 17.7 Å². The van der Waals surface area contributed by atoms with Gasteiger partial charge in [0.1, 0.15) is 11.6 Å². The fourth-order valence-corrected chi connectivity index (χ4v) is 3.23. The molecule has 2 N–H and O–H groups in total. The third-order valence-corrected chi connectivity index (χ3v) is 4.72. The predicted octanol–water partition coefficient (Wildman–Crippen LogP) is 3.88. The summed E-state index contributed by atoms with van der Waals surface area (Å²) < 4.78 is 11.5. The van der Waals surface area contributed by atoms with Gasteiger partial charge in [0.25, 0.3) is 5.91 Å². The molecule has 4 rings (SSSR count). The number of ether oxygens (including phenoxy) is 2. The van der Waals surface area contributed by atoms with Crippen LogP contribution in [0.3, 0.4) is 0 Å². The molecule has 6 nitrogen and oxygen atoms in total. The molecular weight excluding hydrogens is 410 g/mol. The van der Waals surface area contributed by atoms with Crippen molar-refractivity contribution in [3.63, 3.8) is 0 Å². The minimum atomic E-state index is -0.431. The first-order valence-corrected chi connectivity index (χ1v) is 8.98. The number of nitriles is 1. The Labute approximate surface area is 163 Å². The van der Waals surface area contributed by atoms with Gasteiger partial charge in [0.2, 0.25) is 6.79 Å². The Kier molecular flexibility index (Phi) is 4.57. The normalized spacial score (nSPS) is 12.8. The topological polar surface area (TPSA) is 87.1 Å². The van der Waals surface area contributed by atoms with Gasteiger partial charge in [0, 0.05) is 33.7 Å². The van der Waals surface area contributed by atoms with Crippen molar-refractivity contribution in [2.45, 2.75) is 6.54 Å². The van der Waals surface area contributed by atoms with Crippen molar-refractivity contribution in [3.8, 4) is 17.6 Å². The van der Waals surface area contributed by atoms with Crippen LogP contribution in [0.4, 0.5) is 0 Å². The highest BCUT2D eigenvalue weighted by atomic mass is 79.9. The highest BCUT2D eigenvalue weighted by Gasteiger charge is 2.15. The van der Waals surface area contributed by atoms with Gasteiger partial charge in [-0.1, -0.05) is 22.0 Å². The number of fused-ring (bicyclic) bond motifs is 2. The van der Waals surface area contributed by atoms with Crippen molar-refractivity contribution in [2.75, 3.05) is 6.79 Å². The molecular formula is C20H14BrN3O3. The van der Waals surface area contributed by atoms with E-state index in [1.807, 2.05) is 36.4 Å². The van der Waals surface area contributed by atoms with Crippen LogP contribution >= 0.6 is 15.9 Å². The number of rotatable bonds is 4. The van der Waals surface area contributed by atoms with E-state index in [1.54, 1.807) is 18.3 Å². The van der Waals surface area contributed by atoms with Gasteiger partial charge in [-0.25, -0.2) is 0 Å². The quantitative estimate of drug-likeness (QED) is 0.492. The highest BCUT2D eigenvalue weighted by Crippen LogP contribution is 2.32. The zero-order valence-corrected chi connectivity index (χ0v) is 15.7. The molecule has 3 aromatic rings. The van der Waals surface area contributed by atoms with Crippen molar-refractivity contribution in [3.05, 3.63) is 63.8 Å². The van der Waals surface area contributed by atoms with Crippen molar-refractivity contribution in [1.82, 2.24) is 10.3 Å². The molecule has 0 spiro atoms. The monoisotopic (exact) mass is 423 g/mol. The molecule has 1 aliphatic rings. The van der Waals surface area contributed by atoms with E-state index < -0.39 is 5.91 Å². The maximum absolute atomic E-state index is 12.4. The Balaban J connectivity index is 1.51. The number of H-pyrrole nitrogens is 1. The molecule has 0 saturated carbocycles. The van der Waals surface area contributed by atoms with Gasteiger partial charge in [0.15, 0.2) is 11.5 Å². The van der Waals surface area contributed by atoms with Crippen molar-refractivity contribution >= 4 is 38.8 Å². The Bertz CT molecular complexity index is 1110. The summed E-state index contributed by atoms with van der Waals surface area (Å²) in [6.45, 7) is 0.487. The zero-order chi connectivity index (χ0) is 18.8. The van der Waals surface area contributed by atoms with E-state index in [1.165, 1.54) is 0 Å². The first-order chi connectivity index (χ1) is 13.1. The van der Waals surface area contributed by atoms with Gasteiger partial charge < -0.3 is 19.8 Å². The van der Waals surface area contributed by atoms with Gasteiger partial charge >= 0.3 is 0 Å². The average Bonchev–Trinajstić information content (AvgIpc) is 3.30. The lowest BCUT2D eigenvalue weighted by atomic mass is 10.1. The smallest absolute Gasteiger partial charge is 0.262 e. The van der Waals surface area contributed by atoms with E-state index >= 15 is 0 Å². The van der Waals surface area contributed by atoms with E-state index in [0.717, 1.165) is 26.5 Å². The van der Waals surface area contributed by atoms with Crippen molar-refractivity contribution in [1.29, 1.82) is 5.26 Å². The number of carbonyl (C=O) groups is 1. The van der Waals surface area contributed by atoms with Crippen LogP contribution in [0.25, 0.3) is 17.0 Å². The molecule has 2 heterocycles. The molecule has 0 atom stereocenters. The third kappa shape index (κ3) is 3.52. The summed E-state index contributed by atoms with van der Waals surface area (Å²) in [6, 6.07) is 13.2. The van der Waals surface area contributed by atoms with Gasteiger partial charge in [-0.2, -0.15) is 5.26 Å². The third-order valence-electron chi connectivity index (χ3n) is 4.23. The van der Waals surface area contributed by atoms with Crippen LogP contribution in [0.2, 0.25) is 0 Å². The summed E-state index contributed by atoms with van der Waals surface area (Å²) >= 11 is 3.44. The van der Waals surface area contributed by atoms with Crippen LogP contribution in [0.5, 0.6) is 11.5 Å². The number of hydrogen-bond acceptors (Lipinski definition) is 4. The highest BCUT2D eigenvalue weighted by molar-refractivity contribution is 9.10. The van der Waals surface area contributed by atoms with Crippen LogP contribution in [0.1, 0.15) is 11.1 Å². The average molecular weight is 424 g/mol. The van der Waals surface area contributed by atoms with Crippen LogP contribution in [0, 0.1) is 11.3 Å². The standard InChI is InChI=1S/C20H14BrN3O3/c21-15-2-3-17-16(7-15)14(10-23-17)6-13(8-22)20(25)24-9-12-1-4-18-19(5-12)27-11-26-18/h1-7,10,23H,9,11H2,(H,24,25)/b13-6+. The van der Waals surface area contributed by atoms with E-state index in [-0.39, 0.29) is 18.9 Å². The van der Waals surface area contributed by atoms with E-state index in [2.05, 4.69) is 26.2 Å². The number of carbonyl (C=O) groups excluding carboxylic acids is 1. The Hall–Kier alpha value is -3.24. The number of nitrogens with zero attached hydrogens (tertiary/aromatic N) is 1. The fraction of sp³-hybridized carbons (Fsp3) is 0.100. The lowest BCUT2D eigenvalue weighted by molar-refractivity contribution is -0.117. The SMILES string of the molecule is N#C/C(=C\c1c[nH]c2ccc(Br)cc12)C(=O)NCc1ccc2c(c1)OCO2. The molecule has 1 aliphatic heterocycles. The molecule has 1 aromatic heterocycles. The summed E-state index contributed by atoms with van der Waals surface area (Å²) in [7, 11) is 0. The van der Waals surface area contributed by atoms with Gasteiger partial charge in [0.05, 0.1) is 0 Å². The van der Waals surface area contributed by atoms with Crippen molar-refractivity contribution < 1.29 is 14.3 Å². The molecule has 0 radical (unpaired) electrons. The number of benzene rings is 2. The summed E-state index contributed by atoms with van der Waals surface area (Å²) in [6.07, 6.45) is 3.36. The second kappa shape index (κ2) is 7.17. The number of aromatic amines is 1. The number of halogens is 1. The lowest BCUT2D eigenvalue weighted by Crippen LogP contribution is -2.23. The summed E-state index contributed by atoms with van der Waals surface area (Å²) in [4.78, 5) is 15.6. The minimum Gasteiger partial charge on any atom is -0.454 e. The molecule has 0 saturated heterocycles. The number of aromatic nitrogens is 1. The summed E-state index contributed by atoms with van der Waals surface area (Å²) in [5, 5.41) is 13.1. The van der Waals surface area contributed by atoms with Gasteiger partial charge in [-0.3, -0.25) is 4.79 Å². The van der Waals surface area contributed by atoms with E-state index in [9.17, 15) is 10.1 Å². The molecule has 1 amide bonds. The first-order valence-electron chi connectivity index (χ1n) is 8.19. The second-order valence-corrected chi connectivity index (χ2v) is 6.89. The number of hydrogen-bond donors (Lipinski definition) is 2. The Morgan fingerprint density at radius 3 is 2.96 bits per heavy atom. The number of nitrogens with one attached hydrogen (secondary N) is 2. The molecule has 27 heavy (non-hydrogen) atoms. The maximum Gasteiger partial charge on any atom is 0.262 e. The first kappa shape index (κ1) is 17.2. The maximum atomic E-state index is 12.4. The number of amides is 1. The molecule has 0 fully saturated rings. The Morgan fingerprint density at radius 1 is 1.26 bits per heavy atom. The van der Waals surface area contributed by atoms with E-state index in [4.69, 9.17) is 9.47 Å². The summed E-state index contributed by atoms with van der Waals surface area (Å²) in [5.74, 6) is 0.912. The van der Waals surface area contributed by atoms with Gasteiger partial charge in [-0.05, 0) is 42.0 Å². The molecule has 0 aliphatic carbocycles. The summed E-state index contributed by atoms with van der Waals surface area (Å²) in [5.41, 5.74) is 2.61. The fourth-order valence-electron chi connectivity index (χ4n) is 2.87. The zero-order valence-electron chi connectivity index (χ0n) is 14.1. The Morgan fingerprint density at radius 2 is 2.11 bits per heavy atom. The minimum absolute atomic E-state index is 0.0385. The van der Waals surface area contributed by atoms with Crippen LogP contribution in [0.15, 0.2) is 52.6 Å². The van der Waals surface area contributed by atoms with Crippen LogP contribution < -0.4 is 14.8 Å². The van der Waals surface area contributed by atoms with Crippen molar-refractivity contribution in [2.24, 2.45) is 0 Å².